The van der Waals surface area contributed by atoms with Crippen LogP contribution in [0.25, 0.3) is 0 Å². The standard InChI is InChI=1S/C32H28N2O7/c1-40-22-13-15-26(24(17-22)30(37)20-9-5-3-6-10-20)33-29(36)19-28(35)32(39)34-27-16-14-23(41-2)18-25(27)31(38)21-11-7-4-8-12-21/h3-18,28,35H,19H2,1-2H3,(H,33,36)(H,34,39). The highest BCUT2D eigenvalue weighted by molar-refractivity contribution is 6.15. The molecule has 0 fully saturated rings. The van der Waals surface area contributed by atoms with Crippen molar-refractivity contribution >= 4 is 34.8 Å². The Morgan fingerprint density at radius 1 is 0.659 bits per heavy atom. The van der Waals surface area contributed by atoms with E-state index >= 15 is 0 Å². The molecule has 0 heterocycles. The molecule has 41 heavy (non-hydrogen) atoms. The van der Waals surface area contributed by atoms with Crippen LogP contribution in [0.2, 0.25) is 0 Å². The number of benzene rings is 4. The quantitative estimate of drug-likeness (QED) is 0.234. The van der Waals surface area contributed by atoms with E-state index in [0.717, 1.165) is 0 Å². The molecule has 0 bridgehead atoms. The van der Waals surface area contributed by atoms with Crippen molar-refractivity contribution < 1.29 is 33.8 Å². The van der Waals surface area contributed by atoms with Gasteiger partial charge >= 0.3 is 0 Å². The van der Waals surface area contributed by atoms with E-state index in [9.17, 15) is 24.3 Å². The summed E-state index contributed by atoms with van der Waals surface area (Å²) in [5, 5.41) is 15.7. The maximum Gasteiger partial charge on any atom is 0.253 e. The first-order chi connectivity index (χ1) is 19.8. The van der Waals surface area contributed by atoms with Crippen LogP contribution >= 0.6 is 0 Å². The van der Waals surface area contributed by atoms with Gasteiger partial charge in [0.25, 0.3) is 5.91 Å². The van der Waals surface area contributed by atoms with Crippen molar-refractivity contribution in [2.24, 2.45) is 0 Å². The van der Waals surface area contributed by atoms with Crippen LogP contribution in [0.5, 0.6) is 11.5 Å². The summed E-state index contributed by atoms with van der Waals surface area (Å²) in [4.78, 5) is 51.9. The molecule has 0 aromatic heterocycles. The minimum atomic E-state index is -1.75. The van der Waals surface area contributed by atoms with Gasteiger partial charge in [-0.1, -0.05) is 60.7 Å². The largest absolute Gasteiger partial charge is 0.497 e. The summed E-state index contributed by atoms with van der Waals surface area (Å²) in [6.07, 6.45) is -2.35. The number of carbonyl (C=O) groups excluding carboxylic acids is 4. The first kappa shape index (κ1) is 28.7. The van der Waals surface area contributed by atoms with Crippen LogP contribution in [0.3, 0.4) is 0 Å². The molecule has 1 unspecified atom stereocenters. The maximum atomic E-state index is 13.1. The van der Waals surface area contributed by atoms with Crippen LogP contribution in [0.4, 0.5) is 11.4 Å². The Morgan fingerprint density at radius 3 is 1.54 bits per heavy atom. The Balaban J connectivity index is 1.48. The molecule has 4 aromatic carbocycles. The lowest BCUT2D eigenvalue weighted by Gasteiger charge is -2.16. The number of methoxy groups -OCH3 is 2. The highest BCUT2D eigenvalue weighted by atomic mass is 16.5. The highest BCUT2D eigenvalue weighted by Crippen LogP contribution is 2.27. The number of aliphatic hydroxyl groups is 1. The van der Waals surface area contributed by atoms with Crippen LogP contribution in [-0.2, 0) is 9.59 Å². The Bertz CT molecular complexity index is 1570. The second-order valence-electron chi connectivity index (χ2n) is 8.97. The lowest BCUT2D eigenvalue weighted by Crippen LogP contribution is -2.32. The van der Waals surface area contributed by atoms with Crippen LogP contribution in [-0.4, -0.2) is 48.8 Å². The Labute approximate surface area is 236 Å². The third-order valence-electron chi connectivity index (χ3n) is 6.23. The van der Waals surface area contributed by atoms with E-state index < -0.39 is 24.3 Å². The molecule has 0 aliphatic rings. The SMILES string of the molecule is COc1ccc(NC(=O)CC(O)C(=O)Nc2ccc(OC)cc2C(=O)c2ccccc2)c(C(=O)c2ccccc2)c1. The van der Waals surface area contributed by atoms with Crippen LogP contribution in [0, 0.1) is 0 Å². The third-order valence-corrected chi connectivity index (χ3v) is 6.23. The molecule has 208 valence electrons. The average Bonchev–Trinajstić information content (AvgIpc) is 3.01. The molecule has 0 radical (unpaired) electrons. The number of hydrogen-bond acceptors (Lipinski definition) is 7. The normalized spacial score (nSPS) is 11.2. The number of nitrogens with one attached hydrogen (secondary N) is 2. The van der Waals surface area contributed by atoms with E-state index in [2.05, 4.69) is 10.6 Å². The summed E-state index contributed by atoms with van der Waals surface area (Å²) in [7, 11) is 2.91. The van der Waals surface area contributed by atoms with Gasteiger partial charge in [0.05, 0.1) is 32.0 Å². The minimum Gasteiger partial charge on any atom is -0.497 e. The van der Waals surface area contributed by atoms with Crippen LogP contribution < -0.4 is 20.1 Å². The first-order valence-electron chi connectivity index (χ1n) is 12.6. The maximum absolute atomic E-state index is 13.1. The molecule has 9 nitrogen and oxygen atoms in total. The van der Waals surface area contributed by atoms with Gasteiger partial charge in [0.15, 0.2) is 11.6 Å². The van der Waals surface area contributed by atoms with Gasteiger partial charge in [0.1, 0.15) is 17.6 Å². The Kier molecular flexibility index (Phi) is 9.24. The molecular weight excluding hydrogens is 524 g/mol. The molecule has 0 aliphatic heterocycles. The van der Waals surface area contributed by atoms with Gasteiger partial charge in [-0.25, -0.2) is 0 Å². The number of rotatable bonds is 11. The molecule has 0 saturated carbocycles. The van der Waals surface area contributed by atoms with Crippen molar-refractivity contribution in [1.29, 1.82) is 0 Å². The molecule has 0 spiro atoms. The average molecular weight is 553 g/mol. The second-order valence-corrected chi connectivity index (χ2v) is 8.97. The van der Waals surface area contributed by atoms with Gasteiger partial charge < -0.3 is 25.2 Å². The van der Waals surface area contributed by atoms with Crippen molar-refractivity contribution in [2.45, 2.75) is 12.5 Å². The van der Waals surface area contributed by atoms with E-state index in [1.54, 1.807) is 72.8 Å². The number of ketones is 2. The minimum absolute atomic E-state index is 0.148. The van der Waals surface area contributed by atoms with Gasteiger partial charge in [0, 0.05) is 22.3 Å². The van der Waals surface area contributed by atoms with E-state index in [1.165, 1.54) is 38.5 Å². The lowest BCUT2D eigenvalue weighted by molar-refractivity contribution is -0.128. The number of aliphatic hydroxyl groups excluding tert-OH is 1. The lowest BCUT2D eigenvalue weighted by atomic mass is 10.0. The van der Waals surface area contributed by atoms with Gasteiger partial charge in [0.2, 0.25) is 5.91 Å². The molecule has 9 heteroatoms. The summed E-state index contributed by atoms with van der Waals surface area (Å²) < 4.78 is 10.5. The topological polar surface area (TPSA) is 131 Å². The molecule has 2 amide bonds. The molecular formula is C32H28N2O7. The van der Waals surface area contributed by atoms with E-state index in [1.807, 2.05) is 0 Å². The fraction of sp³-hybridized carbons (Fsp3) is 0.125. The van der Waals surface area contributed by atoms with Crippen molar-refractivity contribution in [2.75, 3.05) is 24.9 Å². The zero-order chi connectivity index (χ0) is 29.4. The molecule has 0 saturated heterocycles. The van der Waals surface area contributed by atoms with Gasteiger partial charge in [-0.05, 0) is 36.4 Å². The second kappa shape index (κ2) is 13.2. The summed E-state index contributed by atoms with van der Waals surface area (Å²) in [5.41, 5.74) is 1.50. The van der Waals surface area contributed by atoms with Gasteiger partial charge in [-0.2, -0.15) is 0 Å². The van der Waals surface area contributed by atoms with E-state index in [-0.39, 0.29) is 34.1 Å². The van der Waals surface area contributed by atoms with Crippen LogP contribution in [0.1, 0.15) is 38.3 Å². The number of anilines is 2. The van der Waals surface area contributed by atoms with Crippen LogP contribution in [0.15, 0.2) is 97.1 Å². The Hall–Kier alpha value is -5.28. The zero-order valence-corrected chi connectivity index (χ0v) is 22.4. The van der Waals surface area contributed by atoms with Crippen molar-refractivity contribution in [3.05, 3.63) is 119 Å². The summed E-state index contributed by atoms with van der Waals surface area (Å²) in [5.74, 6) is -1.46. The highest BCUT2D eigenvalue weighted by Gasteiger charge is 2.24. The number of carbonyl (C=O) groups is 4. The van der Waals surface area contributed by atoms with Crippen molar-refractivity contribution in [1.82, 2.24) is 0 Å². The van der Waals surface area contributed by atoms with E-state index in [4.69, 9.17) is 9.47 Å². The number of hydrogen-bond donors (Lipinski definition) is 3. The van der Waals surface area contributed by atoms with Gasteiger partial charge in [-0.15, -0.1) is 0 Å². The first-order valence-corrected chi connectivity index (χ1v) is 12.6. The number of amides is 2. The van der Waals surface area contributed by atoms with E-state index in [0.29, 0.717) is 22.6 Å². The van der Waals surface area contributed by atoms with Crippen molar-refractivity contribution in [3.63, 3.8) is 0 Å². The monoisotopic (exact) mass is 552 g/mol. The predicted molar refractivity (Wildman–Crippen MR) is 154 cm³/mol. The molecule has 3 N–H and O–H groups in total. The summed E-state index contributed by atoms with van der Waals surface area (Å²) in [6, 6.07) is 26.2. The molecule has 1 atom stereocenters. The molecule has 4 aromatic rings. The molecule has 4 rings (SSSR count). The Morgan fingerprint density at radius 2 is 1.10 bits per heavy atom. The number of ether oxygens (including phenoxy) is 2. The predicted octanol–water partition coefficient (Wildman–Crippen LogP) is 4.49. The summed E-state index contributed by atoms with van der Waals surface area (Å²) >= 11 is 0. The third kappa shape index (κ3) is 7.03. The fourth-order valence-electron chi connectivity index (χ4n) is 4.07. The summed E-state index contributed by atoms with van der Waals surface area (Å²) in [6.45, 7) is 0. The smallest absolute Gasteiger partial charge is 0.253 e. The van der Waals surface area contributed by atoms with Gasteiger partial charge in [-0.3, -0.25) is 19.2 Å². The van der Waals surface area contributed by atoms with Crippen molar-refractivity contribution in [3.8, 4) is 11.5 Å². The molecule has 0 aliphatic carbocycles. The fourth-order valence-corrected chi connectivity index (χ4v) is 4.07. The zero-order valence-electron chi connectivity index (χ0n) is 22.4.